The van der Waals surface area contributed by atoms with Crippen molar-refractivity contribution >= 4 is 34.8 Å². The number of imide groups is 1. The summed E-state index contributed by atoms with van der Waals surface area (Å²) < 4.78 is 0. The Hall–Kier alpha value is -2.66. The molecule has 2 unspecified atom stereocenters. The SMILES string of the molecule is Cc1ccc(N2C(=O)C3ON=C(c4ccccc4Cl)C3C2=O)cc1C. The summed E-state index contributed by atoms with van der Waals surface area (Å²) in [5.41, 5.74) is 3.67. The second-order valence-electron chi connectivity index (χ2n) is 6.24. The van der Waals surface area contributed by atoms with Gasteiger partial charge in [-0.1, -0.05) is 41.0 Å². The third-order valence-corrected chi connectivity index (χ3v) is 5.04. The van der Waals surface area contributed by atoms with Crippen molar-refractivity contribution in [1.82, 2.24) is 0 Å². The number of benzene rings is 2. The van der Waals surface area contributed by atoms with Gasteiger partial charge in [0.2, 0.25) is 12.0 Å². The van der Waals surface area contributed by atoms with Gasteiger partial charge in [-0.25, -0.2) is 4.90 Å². The fraction of sp³-hybridized carbons (Fsp3) is 0.211. The van der Waals surface area contributed by atoms with Crippen LogP contribution in [0.25, 0.3) is 0 Å². The standard InChI is InChI=1S/C19H15ClN2O3/c1-10-7-8-12(9-11(10)2)22-18(23)15-16(21-25-17(15)19(22)24)13-5-3-4-6-14(13)20/h3-9,15,17H,1-2H3. The second kappa shape index (κ2) is 5.70. The van der Waals surface area contributed by atoms with E-state index < -0.39 is 17.9 Å². The van der Waals surface area contributed by atoms with Crippen LogP contribution in [0, 0.1) is 19.8 Å². The smallest absolute Gasteiger partial charge is 0.278 e. The van der Waals surface area contributed by atoms with Crippen molar-refractivity contribution in [3.05, 3.63) is 64.2 Å². The number of fused-ring (bicyclic) bond motifs is 1. The summed E-state index contributed by atoms with van der Waals surface area (Å²) >= 11 is 6.22. The minimum absolute atomic E-state index is 0.338. The number of aryl methyl sites for hydroxylation is 2. The Morgan fingerprint density at radius 3 is 2.52 bits per heavy atom. The maximum Gasteiger partial charge on any atom is 0.278 e. The first-order chi connectivity index (χ1) is 12.0. The highest BCUT2D eigenvalue weighted by Gasteiger charge is 2.56. The lowest BCUT2D eigenvalue weighted by molar-refractivity contribution is -0.126. The molecule has 0 saturated carbocycles. The molecule has 4 rings (SSSR count). The molecular formula is C19H15ClN2O3. The molecule has 0 radical (unpaired) electrons. The Labute approximate surface area is 149 Å². The zero-order chi connectivity index (χ0) is 17.7. The molecule has 0 bridgehead atoms. The number of carbonyl (C=O) groups excluding carboxylic acids is 2. The molecule has 6 heteroatoms. The summed E-state index contributed by atoms with van der Waals surface area (Å²) in [5.74, 6) is -1.51. The van der Waals surface area contributed by atoms with Crippen molar-refractivity contribution in [3.8, 4) is 0 Å². The van der Waals surface area contributed by atoms with Crippen LogP contribution in [0.5, 0.6) is 0 Å². The van der Waals surface area contributed by atoms with Crippen molar-refractivity contribution in [2.75, 3.05) is 4.90 Å². The Morgan fingerprint density at radius 1 is 1.04 bits per heavy atom. The molecule has 2 atom stereocenters. The Morgan fingerprint density at radius 2 is 1.80 bits per heavy atom. The number of carbonyl (C=O) groups is 2. The van der Waals surface area contributed by atoms with Gasteiger partial charge in [-0.05, 0) is 43.2 Å². The molecule has 0 aromatic heterocycles. The van der Waals surface area contributed by atoms with Gasteiger partial charge in [-0.3, -0.25) is 9.59 Å². The first-order valence-electron chi connectivity index (χ1n) is 7.92. The fourth-order valence-electron chi connectivity index (χ4n) is 3.19. The van der Waals surface area contributed by atoms with E-state index in [2.05, 4.69) is 5.16 Å². The van der Waals surface area contributed by atoms with Crippen molar-refractivity contribution in [2.24, 2.45) is 11.1 Å². The topological polar surface area (TPSA) is 59.0 Å². The summed E-state index contributed by atoms with van der Waals surface area (Å²) in [7, 11) is 0. The molecule has 0 aliphatic carbocycles. The molecule has 2 aliphatic rings. The van der Waals surface area contributed by atoms with Crippen molar-refractivity contribution in [2.45, 2.75) is 20.0 Å². The number of hydrogen-bond acceptors (Lipinski definition) is 4. The average molecular weight is 355 g/mol. The van der Waals surface area contributed by atoms with Crippen LogP contribution in [0.2, 0.25) is 5.02 Å². The number of oxime groups is 1. The zero-order valence-corrected chi connectivity index (χ0v) is 14.4. The highest BCUT2D eigenvalue weighted by atomic mass is 35.5. The van der Waals surface area contributed by atoms with E-state index >= 15 is 0 Å². The van der Waals surface area contributed by atoms with Crippen LogP contribution in [-0.4, -0.2) is 23.6 Å². The largest absolute Gasteiger partial charge is 0.381 e. The van der Waals surface area contributed by atoms with E-state index in [4.69, 9.17) is 16.4 Å². The summed E-state index contributed by atoms with van der Waals surface area (Å²) in [6.45, 7) is 3.92. The molecular weight excluding hydrogens is 340 g/mol. The van der Waals surface area contributed by atoms with Crippen LogP contribution in [0.3, 0.4) is 0 Å². The summed E-state index contributed by atoms with van der Waals surface area (Å²) in [6.07, 6.45) is -0.930. The third-order valence-electron chi connectivity index (χ3n) is 4.71. The van der Waals surface area contributed by atoms with E-state index in [9.17, 15) is 9.59 Å². The predicted octanol–water partition coefficient (Wildman–Crippen LogP) is 3.25. The van der Waals surface area contributed by atoms with E-state index in [1.807, 2.05) is 26.0 Å². The molecule has 0 N–H and O–H groups in total. The maximum atomic E-state index is 13.0. The van der Waals surface area contributed by atoms with Crippen LogP contribution in [-0.2, 0) is 14.4 Å². The number of anilines is 1. The number of amides is 2. The number of hydrogen-bond donors (Lipinski definition) is 0. The zero-order valence-electron chi connectivity index (χ0n) is 13.7. The lowest BCUT2D eigenvalue weighted by atomic mass is 9.94. The Kier molecular flexibility index (Phi) is 3.62. The molecule has 2 aliphatic heterocycles. The van der Waals surface area contributed by atoms with Gasteiger partial charge in [0.1, 0.15) is 11.6 Å². The van der Waals surface area contributed by atoms with Crippen LogP contribution < -0.4 is 4.90 Å². The highest BCUT2D eigenvalue weighted by Crippen LogP contribution is 2.36. The quantitative estimate of drug-likeness (QED) is 0.778. The predicted molar refractivity (Wildman–Crippen MR) is 94.8 cm³/mol. The molecule has 2 heterocycles. The van der Waals surface area contributed by atoms with Gasteiger partial charge in [0.25, 0.3) is 5.91 Å². The molecule has 126 valence electrons. The molecule has 25 heavy (non-hydrogen) atoms. The molecule has 1 saturated heterocycles. The lowest BCUT2D eigenvalue weighted by Gasteiger charge is -2.16. The van der Waals surface area contributed by atoms with Gasteiger partial charge in [-0.2, -0.15) is 0 Å². The van der Waals surface area contributed by atoms with Gasteiger partial charge in [0, 0.05) is 10.6 Å². The van der Waals surface area contributed by atoms with E-state index in [0.717, 1.165) is 11.1 Å². The molecule has 2 amide bonds. The monoisotopic (exact) mass is 354 g/mol. The van der Waals surface area contributed by atoms with Crippen molar-refractivity contribution < 1.29 is 14.4 Å². The van der Waals surface area contributed by atoms with Gasteiger partial charge < -0.3 is 4.84 Å². The van der Waals surface area contributed by atoms with E-state index in [0.29, 0.717) is 22.0 Å². The molecule has 2 aromatic carbocycles. The minimum atomic E-state index is -0.930. The summed E-state index contributed by atoms with van der Waals surface area (Å²) in [6, 6.07) is 12.6. The average Bonchev–Trinajstić information content (AvgIpc) is 3.12. The third kappa shape index (κ3) is 2.35. The second-order valence-corrected chi connectivity index (χ2v) is 6.65. The van der Waals surface area contributed by atoms with Crippen LogP contribution in [0.1, 0.15) is 16.7 Å². The maximum absolute atomic E-state index is 13.0. The van der Waals surface area contributed by atoms with Crippen molar-refractivity contribution in [3.63, 3.8) is 0 Å². The molecule has 1 fully saturated rings. The molecule has 0 spiro atoms. The Bertz CT molecular complexity index is 938. The molecule has 2 aromatic rings. The van der Waals surface area contributed by atoms with E-state index in [1.54, 1.807) is 30.3 Å². The van der Waals surface area contributed by atoms with Crippen molar-refractivity contribution in [1.29, 1.82) is 0 Å². The van der Waals surface area contributed by atoms with Gasteiger partial charge in [0.05, 0.1) is 5.69 Å². The summed E-state index contributed by atoms with van der Waals surface area (Å²) in [5, 5.41) is 4.44. The van der Waals surface area contributed by atoms with Crippen LogP contribution >= 0.6 is 11.6 Å². The van der Waals surface area contributed by atoms with Gasteiger partial charge in [-0.15, -0.1) is 0 Å². The van der Waals surface area contributed by atoms with Crippen LogP contribution in [0.15, 0.2) is 47.6 Å². The van der Waals surface area contributed by atoms with Gasteiger partial charge >= 0.3 is 0 Å². The van der Waals surface area contributed by atoms with E-state index in [1.165, 1.54) is 4.90 Å². The highest BCUT2D eigenvalue weighted by molar-refractivity contribution is 6.38. The normalized spacial score (nSPS) is 22.0. The van der Waals surface area contributed by atoms with Crippen LogP contribution in [0.4, 0.5) is 5.69 Å². The fourth-order valence-corrected chi connectivity index (χ4v) is 3.42. The van der Waals surface area contributed by atoms with Gasteiger partial charge in [0.15, 0.2) is 0 Å². The minimum Gasteiger partial charge on any atom is -0.381 e. The lowest BCUT2D eigenvalue weighted by Crippen LogP contribution is -2.33. The number of rotatable bonds is 2. The summed E-state index contributed by atoms with van der Waals surface area (Å²) in [4.78, 5) is 32.2. The Balaban J connectivity index is 1.74. The number of nitrogens with zero attached hydrogens (tertiary/aromatic N) is 2. The van der Waals surface area contributed by atoms with E-state index in [-0.39, 0.29) is 5.91 Å². The first kappa shape index (κ1) is 15.8. The first-order valence-corrected chi connectivity index (χ1v) is 8.30. The number of halogens is 1. The molecule has 5 nitrogen and oxygen atoms in total.